The fraction of sp³-hybridized carbons (Fsp3) is 0.643. The van der Waals surface area contributed by atoms with Crippen LogP contribution >= 0.6 is 11.3 Å². The van der Waals surface area contributed by atoms with Crippen LogP contribution in [0.15, 0.2) is 6.20 Å². The second-order valence-electron chi connectivity index (χ2n) is 5.95. The maximum Gasteiger partial charge on any atom is 0.318 e. The highest BCUT2D eigenvalue weighted by Crippen LogP contribution is 2.20. The number of carbonyl (C=O) groups excluding carboxylic acids is 1. The monoisotopic (exact) mass is 313 g/mol. The number of carboxylic acids is 1. The zero-order chi connectivity index (χ0) is 16.2. The van der Waals surface area contributed by atoms with Crippen LogP contribution in [0.4, 0.5) is 4.79 Å². The molecular weight excluding hydrogens is 290 g/mol. The number of urea groups is 1. The molecule has 0 spiro atoms. The van der Waals surface area contributed by atoms with Crippen molar-refractivity contribution in [3.8, 4) is 0 Å². The van der Waals surface area contributed by atoms with E-state index in [1.807, 2.05) is 34.6 Å². The lowest BCUT2D eigenvalue weighted by molar-refractivity contribution is -0.137. The molecule has 0 aliphatic carbocycles. The Morgan fingerprint density at radius 1 is 1.48 bits per heavy atom. The number of thiazole rings is 1. The number of aliphatic carboxylic acids is 1. The van der Waals surface area contributed by atoms with Crippen molar-refractivity contribution in [2.75, 3.05) is 6.54 Å². The summed E-state index contributed by atoms with van der Waals surface area (Å²) in [4.78, 5) is 30.0. The number of aryl methyl sites for hydroxylation is 1. The number of hydrogen-bond acceptors (Lipinski definition) is 4. The van der Waals surface area contributed by atoms with Crippen molar-refractivity contribution in [3.05, 3.63) is 16.1 Å². The Hall–Kier alpha value is -1.63. The summed E-state index contributed by atoms with van der Waals surface area (Å²) in [5, 5.41) is 12.5. The van der Waals surface area contributed by atoms with Crippen molar-refractivity contribution < 1.29 is 14.7 Å². The lowest BCUT2D eigenvalue weighted by Crippen LogP contribution is -2.51. The summed E-state index contributed by atoms with van der Waals surface area (Å²) in [5.74, 6) is -0.916. The van der Waals surface area contributed by atoms with E-state index in [1.54, 1.807) is 6.20 Å². The first-order valence-electron chi connectivity index (χ1n) is 6.83. The van der Waals surface area contributed by atoms with Crippen molar-refractivity contribution >= 4 is 23.3 Å². The van der Waals surface area contributed by atoms with Gasteiger partial charge in [-0.3, -0.25) is 4.79 Å². The molecule has 1 atom stereocenters. The van der Waals surface area contributed by atoms with Gasteiger partial charge >= 0.3 is 12.0 Å². The van der Waals surface area contributed by atoms with Crippen molar-refractivity contribution in [2.45, 2.75) is 52.6 Å². The first-order valence-corrected chi connectivity index (χ1v) is 7.65. The summed E-state index contributed by atoms with van der Waals surface area (Å²) in [5.41, 5.74) is -0.446. The fourth-order valence-corrected chi connectivity index (χ4v) is 2.62. The van der Waals surface area contributed by atoms with Crippen LogP contribution in [0.1, 0.15) is 50.0 Å². The Labute approximate surface area is 129 Å². The largest absolute Gasteiger partial charge is 0.481 e. The van der Waals surface area contributed by atoms with E-state index in [0.29, 0.717) is 0 Å². The standard InChI is InChI=1S/C14H23N3O3S/c1-9-8-15-12(21-9)10(2)16-13(20)17(14(3,4)5)7-6-11(18)19/h8,10H,6-7H2,1-5H3,(H,16,20)(H,18,19). The predicted molar refractivity (Wildman–Crippen MR) is 82.5 cm³/mol. The van der Waals surface area contributed by atoms with E-state index in [1.165, 1.54) is 16.2 Å². The van der Waals surface area contributed by atoms with E-state index in [9.17, 15) is 9.59 Å². The first-order chi connectivity index (χ1) is 9.61. The Morgan fingerprint density at radius 3 is 2.52 bits per heavy atom. The molecule has 0 radical (unpaired) electrons. The SMILES string of the molecule is Cc1cnc(C(C)NC(=O)N(CCC(=O)O)C(C)(C)C)s1. The average Bonchev–Trinajstić information content (AvgIpc) is 2.73. The number of carboxylic acid groups (broad SMARTS) is 1. The Balaban J connectivity index is 2.74. The molecular formula is C14H23N3O3S. The minimum atomic E-state index is -0.916. The van der Waals surface area contributed by atoms with E-state index in [0.717, 1.165) is 9.88 Å². The zero-order valence-corrected chi connectivity index (χ0v) is 14.0. The molecule has 0 saturated carbocycles. The zero-order valence-electron chi connectivity index (χ0n) is 13.1. The molecule has 0 aromatic carbocycles. The van der Waals surface area contributed by atoms with Gasteiger partial charge in [0.25, 0.3) is 0 Å². The highest BCUT2D eigenvalue weighted by atomic mass is 32.1. The second kappa shape index (κ2) is 6.89. The molecule has 1 heterocycles. The molecule has 2 N–H and O–H groups in total. The van der Waals surface area contributed by atoms with Crippen LogP contribution in [-0.4, -0.2) is 39.1 Å². The van der Waals surface area contributed by atoms with Gasteiger partial charge in [0, 0.05) is 23.2 Å². The smallest absolute Gasteiger partial charge is 0.318 e. The van der Waals surface area contributed by atoms with Gasteiger partial charge in [-0.2, -0.15) is 0 Å². The average molecular weight is 313 g/mol. The minimum absolute atomic E-state index is 0.0740. The minimum Gasteiger partial charge on any atom is -0.481 e. The van der Waals surface area contributed by atoms with E-state index >= 15 is 0 Å². The number of hydrogen-bond donors (Lipinski definition) is 2. The van der Waals surface area contributed by atoms with E-state index in [2.05, 4.69) is 10.3 Å². The lowest BCUT2D eigenvalue weighted by Gasteiger charge is -2.36. The van der Waals surface area contributed by atoms with Gasteiger partial charge in [0.2, 0.25) is 0 Å². The van der Waals surface area contributed by atoms with E-state index in [-0.39, 0.29) is 25.0 Å². The van der Waals surface area contributed by atoms with E-state index < -0.39 is 11.5 Å². The molecule has 1 aromatic rings. The molecule has 7 heteroatoms. The van der Waals surface area contributed by atoms with Gasteiger partial charge in [0.15, 0.2) is 0 Å². The van der Waals surface area contributed by atoms with Gasteiger partial charge in [-0.05, 0) is 34.6 Å². The van der Waals surface area contributed by atoms with Gasteiger partial charge in [0.05, 0.1) is 12.5 Å². The molecule has 1 rings (SSSR count). The molecule has 118 valence electrons. The summed E-state index contributed by atoms with van der Waals surface area (Å²) < 4.78 is 0. The summed E-state index contributed by atoms with van der Waals surface area (Å²) in [6.07, 6.45) is 1.70. The number of nitrogens with one attached hydrogen (secondary N) is 1. The van der Waals surface area contributed by atoms with Gasteiger partial charge in [-0.25, -0.2) is 9.78 Å². The third kappa shape index (κ3) is 5.34. The van der Waals surface area contributed by atoms with E-state index in [4.69, 9.17) is 5.11 Å². The molecule has 0 aliphatic rings. The van der Waals surface area contributed by atoms with Crippen LogP contribution < -0.4 is 5.32 Å². The molecule has 6 nitrogen and oxygen atoms in total. The highest BCUT2D eigenvalue weighted by Gasteiger charge is 2.28. The highest BCUT2D eigenvalue weighted by molar-refractivity contribution is 7.11. The van der Waals surface area contributed by atoms with Crippen LogP contribution in [0.25, 0.3) is 0 Å². The van der Waals surface area contributed by atoms with Crippen LogP contribution in [0.2, 0.25) is 0 Å². The van der Waals surface area contributed by atoms with Gasteiger partial charge in [-0.1, -0.05) is 0 Å². The molecule has 0 aliphatic heterocycles. The number of aromatic nitrogens is 1. The van der Waals surface area contributed by atoms with Crippen molar-refractivity contribution in [1.29, 1.82) is 0 Å². The van der Waals surface area contributed by atoms with Gasteiger partial charge in [-0.15, -0.1) is 11.3 Å². The quantitative estimate of drug-likeness (QED) is 0.875. The summed E-state index contributed by atoms with van der Waals surface area (Å²) in [6.45, 7) is 9.65. The fourth-order valence-electron chi connectivity index (χ4n) is 1.85. The third-order valence-corrected chi connectivity index (χ3v) is 4.05. The second-order valence-corrected chi connectivity index (χ2v) is 7.21. The molecule has 0 fully saturated rings. The van der Waals surface area contributed by atoms with Crippen LogP contribution in [0, 0.1) is 6.92 Å². The number of amides is 2. The summed E-state index contributed by atoms with van der Waals surface area (Å²) in [7, 11) is 0. The van der Waals surface area contributed by atoms with Crippen LogP contribution in [-0.2, 0) is 4.79 Å². The molecule has 1 unspecified atom stereocenters. The van der Waals surface area contributed by atoms with Crippen molar-refractivity contribution in [3.63, 3.8) is 0 Å². The Kier molecular flexibility index (Phi) is 5.71. The maximum absolute atomic E-state index is 12.4. The molecule has 21 heavy (non-hydrogen) atoms. The van der Waals surface area contributed by atoms with Crippen molar-refractivity contribution in [1.82, 2.24) is 15.2 Å². The number of nitrogens with zero attached hydrogens (tertiary/aromatic N) is 2. The lowest BCUT2D eigenvalue weighted by atomic mass is 10.1. The van der Waals surface area contributed by atoms with Gasteiger partial charge < -0.3 is 15.3 Å². The summed E-state index contributed by atoms with van der Waals surface area (Å²) >= 11 is 1.54. The Bertz CT molecular complexity index is 508. The van der Waals surface area contributed by atoms with Gasteiger partial charge in [0.1, 0.15) is 5.01 Å². The normalized spacial score (nSPS) is 12.8. The Morgan fingerprint density at radius 2 is 2.10 bits per heavy atom. The van der Waals surface area contributed by atoms with Crippen LogP contribution in [0.5, 0.6) is 0 Å². The van der Waals surface area contributed by atoms with Crippen molar-refractivity contribution in [2.24, 2.45) is 0 Å². The molecule has 2 amide bonds. The molecule has 0 saturated heterocycles. The first kappa shape index (κ1) is 17.4. The topological polar surface area (TPSA) is 82.5 Å². The number of carbonyl (C=O) groups is 2. The third-order valence-electron chi connectivity index (χ3n) is 2.95. The molecule has 1 aromatic heterocycles. The number of rotatable bonds is 5. The summed E-state index contributed by atoms with van der Waals surface area (Å²) in [6, 6.07) is -0.477. The van der Waals surface area contributed by atoms with Crippen LogP contribution in [0.3, 0.4) is 0 Å². The maximum atomic E-state index is 12.4. The molecule has 0 bridgehead atoms. The predicted octanol–water partition coefficient (Wildman–Crippen LogP) is 2.80.